The maximum atomic E-state index is 6.38. The van der Waals surface area contributed by atoms with Gasteiger partial charge in [0.25, 0.3) is 0 Å². The molecule has 1 N–H and O–H groups in total. The van der Waals surface area contributed by atoms with Gasteiger partial charge in [-0.3, -0.25) is 4.98 Å². The summed E-state index contributed by atoms with van der Waals surface area (Å²) in [6.45, 7) is 0. The summed E-state index contributed by atoms with van der Waals surface area (Å²) in [4.78, 5) is 19.0. The van der Waals surface area contributed by atoms with Gasteiger partial charge in [0.15, 0.2) is 5.13 Å². The number of aromatic nitrogens is 4. The van der Waals surface area contributed by atoms with Crippen molar-refractivity contribution in [3.63, 3.8) is 0 Å². The molecule has 0 unspecified atom stereocenters. The van der Waals surface area contributed by atoms with Crippen LogP contribution in [0, 0.1) is 0 Å². The van der Waals surface area contributed by atoms with Gasteiger partial charge in [0.2, 0.25) is 0 Å². The number of anilines is 2. The predicted molar refractivity (Wildman–Crippen MR) is 103 cm³/mol. The molecule has 0 saturated heterocycles. The summed E-state index contributed by atoms with van der Waals surface area (Å²) in [5.74, 6) is 0. The molecule has 0 atom stereocenters. The van der Waals surface area contributed by atoms with Crippen molar-refractivity contribution in [3.8, 4) is 0 Å². The van der Waals surface area contributed by atoms with E-state index in [2.05, 4.69) is 19.9 Å². The molecule has 4 rings (SSSR count). The molecule has 0 aliphatic rings. The fourth-order valence-corrected chi connectivity index (χ4v) is 4.03. The molecule has 0 spiro atoms. The number of halogens is 2. The monoisotopic (exact) mass is 389 g/mol. The SMILES string of the molecule is CN(c1ccncc1)c1nc(Cl)c(Cc2c[nH]c3ncc(Cl)cc23)s1. The first-order chi connectivity index (χ1) is 12.1. The number of fused-ring (bicyclic) bond motifs is 1. The van der Waals surface area contributed by atoms with Crippen molar-refractivity contribution in [1.29, 1.82) is 0 Å². The molecular formula is C17H13Cl2N5S. The fourth-order valence-electron chi connectivity index (χ4n) is 2.60. The molecule has 0 aromatic carbocycles. The number of H-pyrrole nitrogens is 1. The van der Waals surface area contributed by atoms with Gasteiger partial charge in [-0.1, -0.05) is 34.5 Å². The summed E-state index contributed by atoms with van der Waals surface area (Å²) < 4.78 is 0. The van der Waals surface area contributed by atoms with Crippen LogP contribution in [0.2, 0.25) is 10.2 Å². The Morgan fingerprint density at radius 2 is 2.04 bits per heavy atom. The predicted octanol–water partition coefficient (Wildman–Crippen LogP) is 5.08. The van der Waals surface area contributed by atoms with Crippen LogP contribution in [-0.4, -0.2) is 27.0 Å². The minimum atomic E-state index is 0.519. The van der Waals surface area contributed by atoms with Crippen molar-refractivity contribution in [2.24, 2.45) is 0 Å². The lowest BCUT2D eigenvalue weighted by atomic mass is 10.1. The molecule has 0 saturated carbocycles. The largest absolute Gasteiger partial charge is 0.346 e. The second kappa shape index (κ2) is 6.63. The molecule has 0 aliphatic carbocycles. The fraction of sp³-hybridized carbons (Fsp3) is 0.118. The van der Waals surface area contributed by atoms with Crippen LogP contribution in [0.5, 0.6) is 0 Å². The molecule has 4 aromatic heterocycles. The number of hydrogen-bond donors (Lipinski definition) is 1. The molecule has 5 nitrogen and oxygen atoms in total. The Labute approximate surface area is 158 Å². The molecule has 0 aliphatic heterocycles. The van der Waals surface area contributed by atoms with Gasteiger partial charge < -0.3 is 9.88 Å². The van der Waals surface area contributed by atoms with E-state index in [1.165, 1.54) is 0 Å². The highest BCUT2D eigenvalue weighted by Crippen LogP contribution is 2.35. The summed E-state index contributed by atoms with van der Waals surface area (Å²) in [5, 5.41) is 2.97. The van der Waals surface area contributed by atoms with Gasteiger partial charge in [-0.05, 0) is 23.8 Å². The Morgan fingerprint density at radius 3 is 2.84 bits per heavy atom. The summed E-state index contributed by atoms with van der Waals surface area (Å²) >= 11 is 14.0. The van der Waals surface area contributed by atoms with Crippen LogP contribution in [0.1, 0.15) is 10.4 Å². The number of aromatic amines is 1. The van der Waals surface area contributed by atoms with Crippen LogP contribution in [-0.2, 0) is 6.42 Å². The molecule has 25 heavy (non-hydrogen) atoms. The smallest absolute Gasteiger partial charge is 0.191 e. The maximum Gasteiger partial charge on any atom is 0.191 e. The first kappa shape index (κ1) is 16.3. The van der Waals surface area contributed by atoms with Gasteiger partial charge >= 0.3 is 0 Å². The zero-order valence-corrected chi connectivity index (χ0v) is 15.5. The van der Waals surface area contributed by atoms with E-state index in [9.17, 15) is 0 Å². The average Bonchev–Trinajstić information content (AvgIpc) is 3.19. The van der Waals surface area contributed by atoms with E-state index < -0.39 is 0 Å². The minimum Gasteiger partial charge on any atom is -0.346 e. The zero-order valence-electron chi connectivity index (χ0n) is 13.2. The molecule has 126 valence electrons. The third-order valence-electron chi connectivity index (χ3n) is 3.91. The summed E-state index contributed by atoms with van der Waals surface area (Å²) in [6.07, 6.45) is 7.75. The number of hydrogen-bond acceptors (Lipinski definition) is 5. The van der Waals surface area contributed by atoms with Gasteiger partial charge in [0.05, 0.1) is 9.90 Å². The number of nitrogens with zero attached hydrogens (tertiary/aromatic N) is 4. The van der Waals surface area contributed by atoms with Crippen molar-refractivity contribution >= 4 is 56.4 Å². The second-order valence-electron chi connectivity index (χ2n) is 5.52. The lowest BCUT2D eigenvalue weighted by Crippen LogP contribution is -2.08. The van der Waals surface area contributed by atoms with Gasteiger partial charge in [0.1, 0.15) is 10.8 Å². The molecule has 0 radical (unpaired) electrons. The van der Waals surface area contributed by atoms with Crippen LogP contribution >= 0.6 is 34.5 Å². The van der Waals surface area contributed by atoms with Gasteiger partial charge in [0, 0.05) is 49.3 Å². The Kier molecular flexibility index (Phi) is 4.33. The number of thiazole rings is 1. The highest BCUT2D eigenvalue weighted by molar-refractivity contribution is 7.16. The Morgan fingerprint density at radius 1 is 1.24 bits per heavy atom. The Balaban J connectivity index is 1.65. The summed E-state index contributed by atoms with van der Waals surface area (Å²) in [7, 11) is 1.96. The molecule has 0 fully saturated rings. The van der Waals surface area contributed by atoms with Crippen LogP contribution < -0.4 is 4.90 Å². The number of rotatable bonds is 4. The first-order valence-corrected chi connectivity index (χ1v) is 9.09. The highest BCUT2D eigenvalue weighted by Gasteiger charge is 2.16. The van der Waals surface area contributed by atoms with E-state index in [1.54, 1.807) is 29.9 Å². The lowest BCUT2D eigenvalue weighted by Gasteiger charge is -2.14. The maximum absolute atomic E-state index is 6.38. The van der Waals surface area contributed by atoms with Gasteiger partial charge in [-0.2, -0.15) is 0 Å². The average molecular weight is 390 g/mol. The topological polar surface area (TPSA) is 57.7 Å². The molecule has 4 aromatic rings. The molecule has 0 amide bonds. The molecule has 0 bridgehead atoms. The number of pyridine rings is 2. The molecule has 8 heteroatoms. The normalized spacial score (nSPS) is 11.2. The molecule has 4 heterocycles. The highest BCUT2D eigenvalue weighted by atomic mass is 35.5. The second-order valence-corrected chi connectivity index (χ2v) is 7.37. The van der Waals surface area contributed by atoms with E-state index in [0.29, 0.717) is 16.6 Å². The number of nitrogens with one attached hydrogen (secondary N) is 1. The summed E-state index contributed by atoms with van der Waals surface area (Å²) in [6, 6.07) is 5.78. The van der Waals surface area contributed by atoms with Crippen molar-refractivity contribution < 1.29 is 0 Å². The summed E-state index contributed by atoms with van der Waals surface area (Å²) in [5.41, 5.74) is 2.91. The molecular weight excluding hydrogens is 377 g/mol. The van der Waals surface area contributed by atoms with Crippen molar-refractivity contribution in [2.45, 2.75) is 6.42 Å². The van der Waals surface area contributed by atoms with E-state index in [4.69, 9.17) is 23.2 Å². The van der Waals surface area contributed by atoms with E-state index >= 15 is 0 Å². The van der Waals surface area contributed by atoms with Crippen LogP contribution in [0.15, 0.2) is 43.0 Å². The standard InChI is InChI=1S/C17H13Cl2N5S/c1-24(12-2-4-20-5-3-12)17-23-15(19)14(25-17)6-10-8-21-16-13(10)7-11(18)9-22-16/h2-5,7-9H,6H2,1H3,(H,21,22). The van der Waals surface area contributed by atoms with Crippen LogP contribution in [0.3, 0.4) is 0 Å². The van der Waals surface area contributed by atoms with E-state index in [1.807, 2.05) is 36.3 Å². The minimum absolute atomic E-state index is 0.519. The van der Waals surface area contributed by atoms with E-state index in [0.717, 1.165) is 32.3 Å². The first-order valence-electron chi connectivity index (χ1n) is 7.52. The van der Waals surface area contributed by atoms with Crippen molar-refractivity contribution in [3.05, 3.63) is 63.6 Å². The Hall–Kier alpha value is -2.15. The van der Waals surface area contributed by atoms with E-state index in [-0.39, 0.29) is 0 Å². The van der Waals surface area contributed by atoms with Crippen molar-refractivity contribution in [2.75, 3.05) is 11.9 Å². The quantitative estimate of drug-likeness (QED) is 0.528. The van der Waals surface area contributed by atoms with Crippen LogP contribution in [0.4, 0.5) is 10.8 Å². The lowest BCUT2D eigenvalue weighted by molar-refractivity contribution is 1.15. The van der Waals surface area contributed by atoms with Crippen molar-refractivity contribution in [1.82, 2.24) is 19.9 Å². The van der Waals surface area contributed by atoms with Crippen LogP contribution in [0.25, 0.3) is 11.0 Å². The van der Waals surface area contributed by atoms with Gasteiger partial charge in [-0.15, -0.1) is 0 Å². The van der Waals surface area contributed by atoms with Gasteiger partial charge in [-0.25, -0.2) is 9.97 Å². The Bertz CT molecular complexity index is 1030. The third-order valence-corrected chi connectivity index (χ3v) is 5.67. The third kappa shape index (κ3) is 3.20. The zero-order chi connectivity index (χ0) is 17.4.